The number of hydrogen-bond acceptors (Lipinski definition) is 0. The summed E-state index contributed by atoms with van der Waals surface area (Å²) in [6, 6.07) is 0. The summed E-state index contributed by atoms with van der Waals surface area (Å²) in [5.74, 6) is 10.5. The lowest BCUT2D eigenvalue weighted by Crippen LogP contribution is -2.48. The summed E-state index contributed by atoms with van der Waals surface area (Å²) in [5, 5.41) is 0. The molecular weight excluding hydrogens is 1210 g/mol. The second-order valence-electron chi connectivity index (χ2n) is 46.9. The maximum atomic E-state index is 3.97. The van der Waals surface area contributed by atoms with Crippen LogP contribution in [0.1, 0.15) is 416 Å². The topological polar surface area (TPSA) is 0 Å². The van der Waals surface area contributed by atoms with E-state index in [9.17, 15) is 0 Å². The van der Waals surface area contributed by atoms with E-state index in [-0.39, 0.29) is 0 Å². The molecular formula is C101H184. The number of rotatable bonds is 3. The van der Waals surface area contributed by atoms with E-state index in [0.717, 1.165) is 76.9 Å². The smallest absolute Gasteiger partial charge is 0.0146 e. The van der Waals surface area contributed by atoms with E-state index in [2.05, 4.69) is 322 Å². The highest BCUT2D eigenvalue weighted by Crippen LogP contribution is 2.62. The average molecular weight is 1400 g/mol. The Kier molecular flexibility index (Phi) is 41.7. The Labute approximate surface area is 638 Å². The number of hydrogen-bond donors (Lipinski definition) is 0. The van der Waals surface area contributed by atoms with Gasteiger partial charge in [-0.05, 0) is 288 Å². The maximum Gasteiger partial charge on any atom is -0.0146 e. The molecule has 0 aromatic heterocycles. The molecule has 0 heteroatoms. The molecule has 1 spiro atoms. The molecule has 0 nitrogen and oxygen atoms in total. The van der Waals surface area contributed by atoms with Crippen molar-refractivity contribution in [3.05, 3.63) is 107 Å². The molecule has 0 amide bonds. The van der Waals surface area contributed by atoms with Crippen molar-refractivity contribution >= 4 is 0 Å². The Morgan fingerprint density at radius 1 is 0.455 bits per heavy atom. The van der Waals surface area contributed by atoms with Crippen LogP contribution in [0, 0.1) is 119 Å². The van der Waals surface area contributed by atoms with E-state index in [1.807, 2.05) is 0 Å². The van der Waals surface area contributed by atoms with Crippen molar-refractivity contribution in [3.63, 3.8) is 0 Å². The summed E-state index contributed by atoms with van der Waals surface area (Å²) < 4.78 is 0. The monoisotopic (exact) mass is 1400 g/mol. The first-order chi connectivity index (χ1) is 45.8. The third kappa shape index (κ3) is 47.9. The van der Waals surface area contributed by atoms with Gasteiger partial charge in [0, 0.05) is 0 Å². The van der Waals surface area contributed by atoms with Crippen LogP contribution in [0.25, 0.3) is 0 Å². The highest BCUT2D eigenvalue weighted by atomic mass is 14.6. The second kappa shape index (κ2) is 43.6. The Hall–Kier alpha value is -2.34. The van der Waals surface area contributed by atoms with Gasteiger partial charge in [-0.1, -0.05) is 354 Å². The lowest BCUT2D eigenvalue weighted by Gasteiger charge is -2.58. The van der Waals surface area contributed by atoms with Crippen LogP contribution >= 0.6 is 0 Å². The summed E-state index contributed by atoms with van der Waals surface area (Å²) in [6.07, 6.45) is 66.6. The molecule has 6 fully saturated rings. The molecule has 0 aliphatic heterocycles. The highest BCUT2D eigenvalue weighted by Gasteiger charge is 2.52. The van der Waals surface area contributed by atoms with E-state index >= 15 is 0 Å². The van der Waals surface area contributed by atoms with Crippen molar-refractivity contribution in [2.45, 2.75) is 416 Å². The third-order valence-electron chi connectivity index (χ3n) is 21.8. The van der Waals surface area contributed by atoms with Gasteiger partial charge in [-0.15, -0.1) is 0 Å². The quantitative estimate of drug-likeness (QED) is 0.247. The third-order valence-corrected chi connectivity index (χ3v) is 21.8. The molecule has 101 heavy (non-hydrogen) atoms. The minimum Gasteiger partial charge on any atom is -0.0998 e. The zero-order chi connectivity index (χ0) is 77.8. The first kappa shape index (κ1) is 96.7. The van der Waals surface area contributed by atoms with Crippen molar-refractivity contribution in [1.82, 2.24) is 0 Å². The van der Waals surface area contributed by atoms with Gasteiger partial charge >= 0.3 is 0 Å². The molecule has 15 aliphatic carbocycles. The molecule has 0 aromatic carbocycles. The van der Waals surface area contributed by atoms with Crippen molar-refractivity contribution in [2.75, 3.05) is 0 Å². The lowest BCUT2D eigenvalue weighted by atomic mass is 9.47. The van der Waals surface area contributed by atoms with E-state index < -0.39 is 0 Å². The lowest BCUT2D eigenvalue weighted by molar-refractivity contribution is -0.0114. The van der Waals surface area contributed by atoms with Gasteiger partial charge < -0.3 is 0 Å². The average Bonchev–Trinajstić information content (AvgIpc) is 1.47. The van der Waals surface area contributed by atoms with Gasteiger partial charge in [-0.3, -0.25) is 0 Å². The fraction of sp³-hybridized carbons (Fsp3) is 0.822. The van der Waals surface area contributed by atoms with Crippen LogP contribution < -0.4 is 0 Å². The molecule has 15 aliphatic rings. The van der Waals surface area contributed by atoms with E-state index in [4.69, 9.17) is 0 Å². The van der Waals surface area contributed by atoms with Crippen molar-refractivity contribution in [2.24, 2.45) is 119 Å². The molecule has 0 heterocycles. The molecule has 0 N–H and O–H groups in total. The van der Waals surface area contributed by atoms with Crippen LogP contribution in [-0.2, 0) is 0 Å². The Morgan fingerprint density at radius 3 is 1.26 bits per heavy atom. The summed E-state index contributed by atoms with van der Waals surface area (Å²) in [5.41, 5.74) is 13.6. The Bertz CT molecular complexity index is 2380. The molecule has 11 unspecified atom stereocenters. The highest BCUT2D eigenvalue weighted by molar-refractivity contribution is 5.29. The summed E-state index contributed by atoms with van der Waals surface area (Å²) in [4.78, 5) is 0. The van der Waals surface area contributed by atoms with Gasteiger partial charge in [0.2, 0.25) is 0 Å². The molecule has 6 saturated carbocycles. The van der Waals surface area contributed by atoms with Crippen LogP contribution in [0.3, 0.4) is 0 Å². The molecule has 588 valence electrons. The van der Waals surface area contributed by atoms with Crippen molar-refractivity contribution in [3.8, 4) is 0 Å². The van der Waals surface area contributed by atoms with E-state index in [1.165, 1.54) is 173 Å². The van der Waals surface area contributed by atoms with Crippen LogP contribution in [-0.4, -0.2) is 0 Å². The second-order valence-corrected chi connectivity index (χ2v) is 46.9. The zero-order valence-electron chi connectivity index (χ0n) is 75.6. The minimum atomic E-state index is 0.491. The SMILES string of the molecule is C1=CC2CCC2C1.C1=CC2CCCC(C1)C2.C1=CC2CCCC2C=CC1.C1=CCC2(C1)CCCC2.C=C(C)C1CC=C(C)CC1.CC(C)(C)C.CC(C)(C)C.CC(C)(C)C.CC(C)(C)C.CC(C)(C)C.CC(C)(C)C.CC1=C(CCC(C)(C)C)CC2CC1C2(C)C.CC1=CC2CC(C1)C2(C)C. The summed E-state index contributed by atoms with van der Waals surface area (Å²) in [6.45, 7) is 82.3. The van der Waals surface area contributed by atoms with Gasteiger partial charge in [-0.25, -0.2) is 0 Å². The molecule has 0 saturated heterocycles. The first-order valence-corrected chi connectivity index (χ1v) is 42.8. The van der Waals surface area contributed by atoms with Crippen molar-refractivity contribution in [1.29, 1.82) is 0 Å². The first-order valence-electron chi connectivity index (χ1n) is 42.8. The summed E-state index contributed by atoms with van der Waals surface area (Å²) >= 11 is 0. The van der Waals surface area contributed by atoms with Gasteiger partial charge in [0.25, 0.3) is 0 Å². The van der Waals surface area contributed by atoms with Crippen LogP contribution in [0.2, 0.25) is 0 Å². The summed E-state index contributed by atoms with van der Waals surface area (Å²) in [7, 11) is 0. The fourth-order valence-electron chi connectivity index (χ4n) is 15.6. The number of fused-ring (bicyclic) bond motifs is 6. The maximum absolute atomic E-state index is 3.97. The largest absolute Gasteiger partial charge is 0.0998 e. The van der Waals surface area contributed by atoms with Gasteiger partial charge in [0.1, 0.15) is 0 Å². The molecule has 15 rings (SSSR count). The minimum absolute atomic E-state index is 0.491. The Balaban J connectivity index is 0.000000558. The van der Waals surface area contributed by atoms with Crippen molar-refractivity contribution < 1.29 is 0 Å². The normalized spacial score (nSPS) is 28.7. The standard InChI is InChI=1S/C16H28.C10H16.C10H14.C10H16.2C9H14.C7H10.6C5H12/c1-11-12(7-8-15(2,3)4)9-13-10-14(11)16(13,5)6;1-7-4-8-6-9(5-7)10(8,2)3;1-2-5-9-7-4-8-10(9)6-3-1;1-8(2)10-6-4-9(3)5-7-10;1-3-8-5-2-6-9(4-1)7-8;1-2-6-9(5-1)7-3-4-8-9;1-2-6-4-5-7(6)3-1;6*1-5(2,3)4/h13-14H,7-10H2,1-6H3;4,8-9H,5-6H2,1-3H3;2-3,5-6,9-10H,1,4,7-8H2;4,10H,1,5-7H2,2-3H3;1,3,8-9H,2,4-7H2;1-2H,3-8H2;1-2,6-7H,3-5H2;6*1-4H3. The fourth-order valence-corrected chi connectivity index (χ4v) is 15.6. The van der Waals surface area contributed by atoms with Crippen LogP contribution in [0.15, 0.2) is 107 Å². The predicted octanol–water partition coefficient (Wildman–Crippen LogP) is 34.4. The van der Waals surface area contributed by atoms with Crippen LogP contribution in [0.5, 0.6) is 0 Å². The van der Waals surface area contributed by atoms with Crippen LogP contribution in [0.4, 0.5) is 0 Å². The number of allylic oxidation sites excluding steroid dienone is 17. The van der Waals surface area contributed by atoms with Gasteiger partial charge in [0.15, 0.2) is 0 Å². The van der Waals surface area contributed by atoms with E-state index in [0.29, 0.717) is 48.7 Å². The van der Waals surface area contributed by atoms with Gasteiger partial charge in [-0.2, -0.15) is 0 Å². The van der Waals surface area contributed by atoms with E-state index in [1.54, 1.807) is 22.3 Å². The zero-order valence-corrected chi connectivity index (χ0v) is 75.6. The Morgan fingerprint density at radius 2 is 0.921 bits per heavy atom. The molecule has 0 aromatic rings. The molecule has 0 radical (unpaired) electrons. The predicted molar refractivity (Wildman–Crippen MR) is 464 cm³/mol. The van der Waals surface area contributed by atoms with Gasteiger partial charge in [0.05, 0.1) is 0 Å². The molecule has 11 atom stereocenters. The molecule has 6 bridgehead atoms.